The van der Waals surface area contributed by atoms with E-state index in [1.54, 1.807) is 11.0 Å². The van der Waals surface area contributed by atoms with Crippen molar-refractivity contribution in [1.82, 2.24) is 15.3 Å². The Bertz CT molecular complexity index is 551. The van der Waals surface area contributed by atoms with Crippen LogP contribution in [-0.2, 0) is 14.3 Å². The average Bonchev–Trinajstić information content (AvgIpc) is 2.83. The second-order valence-electron chi connectivity index (χ2n) is 8.20. The molecule has 2 unspecified atom stereocenters. The molecule has 2 aliphatic rings. The van der Waals surface area contributed by atoms with Gasteiger partial charge < -0.3 is 9.47 Å². The van der Waals surface area contributed by atoms with Gasteiger partial charge in [0.15, 0.2) is 0 Å². The van der Waals surface area contributed by atoms with Crippen molar-refractivity contribution in [2.45, 2.75) is 65.1 Å². The Hall–Kier alpha value is -1.76. The molecule has 2 atom stereocenters. The van der Waals surface area contributed by atoms with Crippen molar-refractivity contribution in [2.75, 3.05) is 13.7 Å². The minimum atomic E-state index is -0.609. The molecule has 1 amide bonds. The molecule has 2 aliphatic heterocycles. The van der Waals surface area contributed by atoms with E-state index in [-0.39, 0.29) is 17.4 Å². The lowest BCUT2D eigenvalue weighted by Crippen LogP contribution is -2.53. The molecule has 0 bridgehead atoms. The van der Waals surface area contributed by atoms with Crippen LogP contribution in [0.25, 0.3) is 0 Å². The Morgan fingerprint density at radius 3 is 2.50 bits per heavy atom. The van der Waals surface area contributed by atoms with Crippen molar-refractivity contribution in [2.24, 2.45) is 5.92 Å². The summed E-state index contributed by atoms with van der Waals surface area (Å²) in [6.45, 7) is 12.3. The lowest BCUT2D eigenvalue weighted by atomic mass is 9.92. The molecule has 0 spiro atoms. The summed E-state index contributed by atoms with van der Waals surface area (Å²) in [6, 6.07) is -0.609. The number of carbonyl (C=O) groups is 2. The quantitative estimate of drug-likeness (QED) is 0.739. The summed E-state index contributed by atoms with van der Waals surface area (Å²) in [5.41, 5.74) is 2.32. The molecule has 2 rings (SSSR count). The van der Waals surface area contributed by atoms with Gasteiger partial charge in [0.25, 0.3) is 0 Å². The molecule has 0 aliphatic carbocycles. The highest BCUT2D eigenvalue weighted by molar-refractivity contribution is 5.79. The van der Waals surface area contributed by atoms with E-state index in [4.69, 9.17) is 9.47 Å². The van der Waals surface area contributed by atoms with E-state index in [1.165, 1.54) is 7.11 Å². The van der Waals surface area contributed by atoms with Crippen LogP contribution in [0.4, 0.5) is 4.79 Å². The highest BCUT2D eigenvalue weighted by Gasteiger charge is 2.45. The molecule has 24 heavy (non-hydrogen) atoms. The first-order valence-electron chi connectivity index (χ1n) is 8.31. The van der Waals surface area contributed by atoms with E-state index in [9.17, 15) is 9.59 Å². The van der Waals surface area contributed by atoms with Crippen molar-refractivity contribution in [1.29, 1.82) is 0 Å². The summed E-state index contributed by atoms with van der Waals surface area (Å²) in [5.74, 6) is 0.551. The minimum absolute atomic E-state index is 0.259. The summed E-state index contributed by atoms with van der Waals surface area (Å²) in [6.07, 6.45) is 2.19. The predicted molar refractivity (Wildman–Crippen MR) is 89.7 cm³/mol. The van der Waals surface area contributed by atoms with Crippen LogP contribution >= 0.6 is 0 Å². The van der Waals surface area contributed by atoms with Crippen molar-refractivity contribution >= 4 is 12.1 Å². The molecule has 7 nitrogen and oxygen atoms in total. The third kappa shape index (κ3) is 3.83. The van der Waals surface area contributed by atoms with Crippen molar-refractivity contribution < 1.29 is 19.1 Å². The largest absolute Gasteiger partial charge is 0.468 e. The second kappa shape index (κ2) is 6.27. The highest BCUT2D eigenvalue weighted by atomic mass is 16.6. The van der Waals surface area contributed by atoms with Crippen LogP contribution in [-0.4, -0.2) is 52.8 Å². The van der Waals surface area contributed by atoms with Gasteiger partial charge in [0.05, 0.1) is 12.6 Å². The van der Waals surface area contributed by atoms with Gasteiger partial charge in [-0.25, -0.2) is 15.0 Å². The summed E-state index contributed by atoms with van der Waals surface area (Å²) in [5, 5.41) is 1.89. The van der Waals surface area contributed by atoms with Crippen molar-refractivity contribution in [3.05, 3.63) is 11.9 Å². The zero-order valence-corrected chi connectivity index (χ0v) is 15.7. The monoisotopic (exact) mass is 339 g/mol. The number of hydrogen-bond acceptors (Lipinski definition) is 6. The number of rotatable bonds is 1. The van der Waals surface area contributed by atoms with Crippen molar-refractivity contribution in [3.8, 4) is 0 Å². The molecule has 2 heterocycles. The van der Waals surface area contributed by atoms with E-state index >= 15 is 0 Å². The third-order valence-corrected chi connectivity index (χ3v) is 4.11. The first kappa shape index (κ1) is 18.6. The molecular weight excluding hydrogens is 310 g/mol. The molecule has 0 aromatic heterocycles. The number of esters is 1. The molecule has 1 fully saturated rings. The molecule has 0 aromatic rings. The number of carbonyl (C=O) groups excluding carboxylic acids is 2. The van der Waals surface area contributed by atoms with Crippen LogP contribution in [0.2, 0.25) is 0 Å². The number of hydrazine groups is 1. The Morgan fingerprint density at radius 1 is 1.33 bits per heavy atom. The standard InChI is InChI=1S/C17H29N3O4/c1-11-9-17(5,6)20-13(8-12(18-20)14(21)23-7)19(10-11)15(22)24-16(2,3)4/h8,11-12,18H,9-10H2,1-7H3. The SMILES string of the molecule is COC(=O)C1C=C2N(C(=O)OC(C)(C)C)CC(C)CC(C)(C)N2N1. The van der Waals surface area contributed by atoms with Crippen molar-refractivity contribution in [3.63, 3.8) is 0 Å². The number of ether oxygens (including phenoxy) is 2. The number of amides is 1. The molecule has 0 aromatic carbocycles. The maximum absolute atomic E-state index is 12.7. The van der Waals surface area contributed by atoms with Gasteiger partial charge in [-0.1, -0.05) is 6.92 Å². The van der Waals surface area contributed by atoms with Gasteiger partial charge in [0, 0.05) is 6.54 Å². The topological polar surface area (TPSA) is 71.1 Å². The van der Waals surface area contributed by atoms with Gasteiger partial charge in [-0.3, -0.25) is 9.91 Å². The fraction of sp³-hybridized carbons (Fsp3) is 0.765. The number of nitrogens with one attached hydrogen (secondary N) is 1. The lowest BCUT2D eigenvalue weighted by molar-refractivity contribution is -0.142. The van der Waals surface area contributed by atoms with E-state index in [0.29, 0.717) is 12.4 Å². The van der Waals surface area contributed by atoms with Gasteiger partial charge in [0.1, 0.15) is 17.5 Å². The van der Waals surface area contributed by atoms with E-state index < -0.39 is 17.7 Å². The maximum atomic E-state index is 12.7. The smallest absolute Gasteiger partial charge is 0.415 e. The molecule has 7 heteroatoms. The fourth-order valence-electron chi connectivity index (χ4n) is 3.31. The Kier molecular flexibility index (Phi) is 4.86. The normalized spacial score (nSPS) is 26.4. The molecule has 0 radical (unpaired) electrons. The second-order valence-corrected chi connectivity index (χ2v) is 8.20. The molecule has 1 N–H and O–H groups in total. The highest BCUT2D eigenvalue weighted by Crippen LogP contribution is 2.35. The van der Waals surface area contributed by atoms with Crippen LogP contribution in [0.15, 0.2) is 11.9 Å². The van der Waals surface area contributed by atoms with Gasteiger partial charge >= 0.3 is 12.1 Å². The van der Waals surface area contributed by atoms with E-state index in [0.717, 1.165) is 6.42 Å². The first-order valence-corrected chi connectivity index (χ1v) is 8.31. The average molecular weight is 339 g/mol. The molecular formula is C17H29N3O4. The lowest BCUT2D eigenvalue weighted by Gasteiger charge is -2.39. The summed E-state index contributed by atoms with van der Waals surface area (Å²) >= 11 is 0. The number of hydrogen-bond donors (Lipinski definition) is 1. The molecule has 0 saturated carbocycles. The Labute approximate surface area is 143 Å². The maximum Gasteiger partial charge on any atom is 0.415 e. The van der Waals surface area contributed by atoms with Gasteiger partial charge in [-0.05, 0) is 53.0 Å². The predicted octanol–water partition coefficient (Wildman–Crippen LogP) is 2.25. The van der Waals surface area contributed by atoms with Gasteiger partial charge in [-0.2, -0.15) is 0 Å². The van der Waals surface area contributed by atoms with Crippen LogP contribution in [0.1, 0.15) is 48.0 Å². The number of fused-ring (bicyclic) bond motifs is 1. The first-order chi connectivity index (χ1) is 10.9. The molecule has 1 saturated heterocycles. The van der Waals surface area contributed by atoms with E-state index in [2.05, 4.69) is 26.2 Å². The van der Waals surface area contributed by atoms with Crippen LogP contribution in [0.5, 0.6) is 0 Å². The van der Waals surface area contributed by atoms with E-state index in [1.807, 2.05) is 25.8 Å². The van der Waals surface area contributed by atoms with Gasteiger partial charge in [0.2, 0.25) is 0 Å². The summed E-state index contributed by atoms with van der Waals surface area (Å²) in [4.78, 5) is 26.2. The zero-order chi connectivity index (χ0) is 18.3. The number of methoxy groups -OCH3 is 1. The Balaban J connectivity index is 2.38. The van der Waals surface area contributed by atoms with Crippen LogP contribution in [0.3, 0.4) is 0 Å². The van der Waals surface area contributed by atoms with Crippen LogP contribution < -0.4 is 5.43 Å². The number of nitrogens with zero attached hydrogens (tertiary/aromatic N) is 2. The van der Waals surface area contributed by atoms with Crippen LogP contribution in [0, 0.1) is 5.92 Å². The summed E-state index contributed by atoms with van der Waals surface area (Å²) < 4.78 is 10.4. The zero-order valence-electron chi connectivity index (χ0n) is 15.7. The minimum Gasteiger partial charge on any atom is -0.468 e. The Morgan fingerprint density at radius 2 is 1.96 bits per heavy atom. The van der Waals surface area contributed by atoms with Gasteiger partial charge in [-0.15, -0.1) is 0 Å². The summed E-state index contributed by atoms with van der Waals surface area (Å²) in [7, 11) is 1.35. The third-order valence-electron chi connectivity index (χ3n) is 4.11. The molecule has 136 valence electrons. The fourth-order valence-corrected chi connectivity index (χ4v) is 3.31.